The van der Waals surface area contributed by atoms with E-state index in [0.29, 0.717) is 23.8 Å². The number of ether oxygens (including phenoxy) is 1. The van der Waals surface area contributed by atoms with E-state index in [1.54, 1.807) is 34.3 Å². The maximum Gasteiger partial charge on any atom is 0.248 e. The predicted molar refractivity (Wildman–Crippen MR) is 94.3 cm³/mol. The molecule has 1 aromatic carbocycles. The van der Waals surface area contributed by atoms with E-state index in [1.807, 2.05) is 6.07 Å². The summed E-state index contributed by atoms with van der Waals surface area (Å²) in [4.78, 5) is 17.3. The highest BCUT2D eigenvalue weighted by molar-refractivity contribution is 7.14. The van der Waals surface area contributed by atoms with Gasteiger partial charge in [-0.3, -0.25) is 4.79 Å². The number of hydrogen-bond acceptors (Lipinski definition) is 6. The average Bonchev–Trinajstić information content (AvgIpc) is 3.18. The number of hydrogen-bond donors (Lipinski definition) is 1. The summed E-state index contributed by atoms with van der Waals surface area (Å²) in [6, 6.07) is 5.22. The van der Waals surface area contributed by atoms with Gasteiger partial charge in [-0.15, -0.1) is 5.10 Å². The topological polar surface area (TPSA) is 95.9 Å². The fraction of sp³-hybridized carbons (Fsp3) is 0.294. The Balaban J connectivity index is 1.83. The van der Waals surface area contributed by atoms with Gasteiger partial charge in [-0.05, 0) is 24.1 Å². The summed E-state index contributed by atoms with van der Waals surface area (Å²) in [5.41, 5.74) is 8.55. The normalized spacial score (nSPS) is 13.1. The monoisotopic (exact) mass is 355 g/mol. The number of thiazole rings is 1. The van der Waals surface area contributed by atoms with Crippen LogP contribution in [-0.4, -0.2) is 32.5 Å². The maximum absolute atomic E-state index is 11.4. The highest BCUT2D eigenvalue weighted by Gasteiger charge is 2.23. The van der Waals surface area contributed by atoms with Gasteiger partial charge in [0, 0.05) is 22.4 Å². The molecule has 3 heterocycles. The van der Waals surface area contributed by atoms with Crippen LogP contribution in [-0.2, 0) is 6.42 Å². The molecule has 2 N–H and O–H groups in total. The number of rotatable bonds is 3. The maximum atomic E-state index is 11.4. The van der Waals surface area contributed by atoms with Crippen molar-refractivity contribution in [2.24, 2.45) is 5.73 Å². The Morgan fingerprint density at radius 1 is 1.40 bits per heavy atom. The SMILES string of the molecule is CC(C)c1cnnn1-c1nc2c(s1)CCOc1cc(C(N)=O)ccc1-2. The molecular weight excluding hydrogens is 338 g/mol. The number of primary amides is 1. The molecule has 3 aromatic rings. The Morgan fingerprint density at radius 2 is 2.24 bits per heavy atom. The number of aromatic nitrogens is 4. The molecule has 0 saturated heterocycles. The first kappa shape index (κ1) is 15.8. The Hall–Kier alpha value is -2.74. The molecular formula is C17H17N5O2S. The Labute approximate surface area is 148 Å². The van der Waals surface area contributed by atoms with Crippen molar-refractivity contribution in [3.8, 4) is 22.1 Å². The number of nitrogens with two attached hydrogens (primary N) is 1. The highest BCUT2D eigenvalue weighted by Crippen LogP contribution is 2.39. The van der Waals surface area contributed by atoms with Crippen LogP contribution in [0.4, 0.5) is 0 Å². The smallest absolute Gasteiger partial charge is 0.248 e. The molecule has 0 fully saturated rings. The zero-order valence-electron chi connectivity index (χ0n) is 13.9. The number of carbonyl (C=O) groups is 1. The van der Waals surface area contributed by atoms with Crippen LogP contribution in [0.1, 0.15) is 40.7 Å². The second-order valence-electron chi connectivity index (χ2n) is 6.17. The fourth-order valence-corrected chi connectivity index (χ4v) is 3.86. The molecule has 0 bridgehead atoms. The van der Waals surface area contributed by atoms with Crippen molar-refractivity contribution in [2.75, 3.05) is 6.61 Å². The largest absolute Gasteiger partial charge is 0.492 e. The lowest BCUT2D eigenvalue weighted by Gasteiger charge is -2.08. The van der Waals surface area contributed by atoms with Crippen molar-refractivity contribution in [1.82, 2.24) is 20.0 Å². The molecule has 128 valence electrons. The van der Waals surface area contributed by atoms with Gasteiger partial charge in [-0.1, -0.05) is 30.4 Å². The third-order valence-electron chi connectivity index (χ3n) is 4.14. The molecule has 0 atom stereocenters. The summed E-state index contributed by atoms with van der Waals surface area (Å²) >= 11 is 1.59. The van der Waals surface area contributed by atoms with Crippen LogP contribution in [0.15, 0.2) is 24.4 Å². The van der Waals surface area contributed by atoms with E-state index >= 15 is 0 Å². The number of nitrogens with zero attached hydrogens (tertiary/aromatic N) is 4. The van der Waals surface area contributed by atoms with E-state index in [0.717, 1.165) is 33.4 Å². The van der Waals surface area contributed by atoms with Gasteiger partial charge >= 0.3 is 0 Å². The Kier molecular flexibility index (Phi) is 3.76. The molecule has 25 heavy (non-hydrogen) atoms. The van der Waals surface area contributed by atoms with Crippen molar-refractivity contribution in [2.45, 2.75) is 26.2 Å². The molecule has 4 rings (SSSR count). The van der Waals surface area contributed by atoms with Gasteiger partial charge in [-0.25, -0.2) is 4.98 Å². The van der Waals surface area contributed by atoms with E-state index < -0.39 is 5.91 Å². The molecule has 2 aromatic heterocycles. The standard InChI is InChI=1S/C17H17N5O2S/c1-9(2)12-8-19-21-22(12)17-20-15-11-4-3-10(16(18)23)7-13(11)24-6-5-14(15)25-17/h3-4,7-9H,5-6H2,1-2H3,(H2,18,23). The van der Waals surface area contributed by atoms with Gasteiger partial charge in [0.05, 0.1) is 24.2 Å². The van der Waals surface area contributed by atoms with Crippen LogP contribution in [0.3, 0.4) is 0 Å². The molecule has 0 spiro atoms. The zero-order chi connectivity index (χ0) is 17.6. The molecule has 0 aliphatic carbocycles. The first-order chi connectivity index (χ1) is 12.0. The lowest BCUT2D eigenvalue weighted by atomic mass is 10.1. The molecule has 1 aliphatic rings. The Morgan fingerprint density at radius 3 is 3.00 bits per heavy atom. The number of benzene rings is 1. The third kappa shape index (κ3) is 2.68. The van der Waals surface area contributed by atoms with E-state index in [2.05, 4.69) is 24.2 Å². The summed E-state index contributed by atoms with van der Waals surface area (Å²) in [5.74, 6) is 0.459. The minimum atomic E-state index is -0.473. The molecule has 1 amide bonds. The van der Waals surface area contributed by atoms with Crippen molar-refractivity contribution < 1.29 is 9.53 Å². The average molecular weight is 355 g/mol. The van der Waals surface area contributed by atoms with Crippen LogP contribution in [0.2, 0.25) is 0 Å². The van der Waals surface area contributed by atoms with Gasteiger partial charge < -0.3 is 10.5 Å². The van der Waals surface area contributed by atoms with Crippen LogP contribution in [0.5, 0.6) is 5.75 Å². The Bertz CT molecular complexity index is 960. The molecule has 7 nitrogen and oxygen atoms in total. The van der Waals surface area contributed by atoms with E-state index in [9.17, 15) is 4.79 Å². The second-order valence-corrected chi connectivity index (χ2v) is 7.23. The fourth-order valence-electron chi connectivity index (χ4n) is 2.84. The van der Waals surface area contributed by atoms with E-state index in [-0.39, 0.29) is 0 Å². The van der Waals surface area contributed by atoms with E-state index in [1.165, 1.54) is 0 Å². The minimum Gasteiger partial charge on any atom is -0.492 e. The molecule has 8 heteroatoms. The second kappa shape index (κ2) is 5.96. The minimum absolute atomic E-state index is 0.299. The van der Waals surface area contributed by atoms with E-state index in [4.69, 9.17) is 15.5 Å². The number of amides is 1. The summed E-state index contributed by atoms with van der Waals surface area (Å²) in [7, 11) is 0. The van der Waals surface area contributed by atoms with Crippen LogP contribution < -0.4 is 10.5 Å². The lowest BCUT2D eigenvalue weighted by Crippen LogP contribution is -2.11. The molecule has 0 radical (unpaired) electrons. The zero-order valence-corrected chi connectivity index (χ0v) is 14.7. The van der Waals surface area contributed by atoms with Crippen molar-refractivity contribution in [1.29, 1.82) is 0 Å². The number of fused-ring (bicyclic) bond motifs is 3. The molecule has 0 unspecified atom stereocenters. The van der Waals surface area contributed by atoms with Crippen LogP contribution in [0.25, 0.3) is 16.4 Å². The number of carbonyl (C=O) groups excluding carboxylic acids is 1. The quantitative estimate of drug-likeness (QED) is 0.779. The van der Waals surface area contributed by atoms with Crippen molar-refractivity contribution in [3.05, 3.63) is 40.5 Å². The third-order valence-corrected chi connectivity index (χ3v) is 5.23. The first-order valence-corrected chi connectivity index (χ1v) is 8.84. The van der Waals surface area contributed by atoms with Gasteiger partial charge in [0.15, 0.2) is 0 Å². The summed E-state index contributed by atoms with van der Waals surface area (Å²) in [5, 5.41) is 9.00. The molecule has 0 saturated carbocycles. The van der Waals surface area contributed by atoms with Gasteiger partial charge in [0.25, 0.3) is 0 Å². The highest BCUT2D eigenvalue weighted by atomic mass is 32.1. The first-order valence-electron chi connectivity index (χ1n) is 8.02. The summed E-state index contributed by atoms with van der Waals surface area (Å²) < 4.78 is 7.59. The summed E-state index contributed by atoms with van der Waals surface area (Å²) in [6.45, 7) is 4.72. The summed E-state index contributed by atoms with van der Waals surface area (Å²) in [6.07, 6.45) is 2.52. The van der Waals surface area contributed by atoms with Crippen molar-refractivity contribution in [3.63, 3.8) is 0 Å². The molecule has 1 aliphatic heterocycles. The van der Waals surface area contributed by atoms with Gasteiger partial charge in [0.1, 0.15) is 5.75 Å². The van der Waals surface area contributed by atoms with Crippen LogP contribution >= 0.6 is 11.3 Å². The van der Waals surface area contributed by atoms with Gasteiger partial charge in [-0.2, -0.15) is 4.68 Å². The predicted octanol–water partition coefficient (Wildman–Crippen LogP) is 2.55. The van der Waals surface area contributed by atoms with Crippen LogP contribution in [0, 0.1) is 0 Å². The lowest BCUT2D eigenvalue weighted by molar-refractivity contribution is 0.1000. The van der Waals surface area contributed by atoms with Gasteiger partial charge in [0.2, 0.25) is 11.0 Å². The van der Waals surface area contributed by atoms with Crippen molar-refractivity contribution >= 4 is 17.2 Å².